The van der Waals surface area contributed by atoms with Crippen LogP contribution in [0.3, 0.4) is 0 Å². The van der Waals surface area contributed by atoms with E-state index < -0.39 is 6.11 Å². The normalized spacial score (nSPS) is 12.2. The highest BCUT2D eigenvalue weighted by Crippen LogP contribution is 2.30. The molecule has 1 N–H and O–H groups in total. The molecule has 19 heavy (non-hydrogen) atoms. The molecule has 0 saturated heterocycles. The summed E-state index contributed by atoms with van der Waals surface area (Å²) in [4.78, 5) is 7.28. The highest BCUT2D eigenvalue weighted by molar-refractivity contribution is 6.08. The summed E-state index contributed by atoms with van der Waals surface area (Å²) in [5.74, 6) is -0.0674. The van der Waals surface area contributed by atoms with E-state index in [1.54, 1.807) is 13.0 Å². The molecule has 1 aromatic carbocycles. The predicted molar refractivity (Wildman–Crippen MR) is 69.6 cm³/mol. The predicted octanol–water partition coefficient (Wildman–Crippen LogP) is 4.02. The Kier molecular flexibility index (Phi) is 2.45. The fraction of sp³-hybridized carbons (Fsp3) is 0.214. The Morgan fingerprint density at radius 1 is 1.21 bits per heavy atom. The fourth-order valence-electron chi connectivity index (χ4n) is 2.21. The van der Waals surface area contributed by atoms with Crippen LogP contribution in [0.5, 0.6) is 5.88 Å². The van der Waals surface area contributed by atoms with Gasteiger partial charge in [-0.3, -0.25) is 0 Å². The van der Waals surface area contributed by atoms with Crippen molar-refractivity contribution < 1.29 is 13.5 Å². The number of nitrogens with zero attached hydrogens (tertiary/aromatic N) is 1. The minimum atomic E-state index is -3.24. The van der Waals surface area contributed by atoms with Gasteiger partial charge in [0.05, 0.1) is 11.2 Å². The van der Waals surface area contributed by atoms with Crippen LogP contribution in [0.2, 0.25) is 0 Å². The van der Waals surface area contributed by atoms with E-state index in [4.69, 9.17) is 0 Å². The van der Waals surface area contributed by atoms with Crippen LogP contribution in [-0.2, 0) is 0 Å². The van der Waals surface area contributed by atoms with E-state index in [-0.39, 0.29) is 5.88 Å². The lowest BCUT2D eigenvalue weighted by Crippen LogP contribution is -2.19. The number of rotatable bonds is 2. The molecule has 2 aromatic heterocycles. The summed E-state index contributed by atoms with van der Waals surface area (Å²) in [6.07, 6.45) is -3.24. The Morgan fingerprint density at radius 3 is 2.68 bits per heavy atom. The molecule has 0 spiro atoms. The van der Waals surface area contributed by atoms with E-state index in [1.165, 1.54) is 0 Å². The molecule has 3 aromatic rings. The van der Waals surface area contributed by atoms with E-state index in [0.29, 0.717) is 12.6 Å². The molecule has 0 atom stereocenters. The van der Waals surface area contributed by atoms with Gasteiger partial charge in [-0.05, 0) is 13.0 Å². The van der Waals surface area contributed by atoms with Gasteiger partial charge < -0.3 is 9.72 Å². The van der Waals surface area contributed by atoms with Gasteiger partial charge >= 0.3 is 6.11 Å². The third kappa shape index (κ3) is 2.12. The standard InChI is InChI=1S/C14H12F2N2O/c1-8-13-10(7-12(17-8)19-14(2,15)16)9-5-3-4-6-11(9)18-13/h3-7,18H,1-2H3. The van der Waals surface area contributed by atoms with E-state index >= 15 is 0 Å². The quantitative estimate of drug-likeness (QED) is 0.757. The minimum absolute atomic E-state index is 0.0674. The average molecular weight is 262 g/mol. The zero-order valence-electron chi connectivity index (χ0n) is 10.5. The van der Waals surface area contributed by atoms with Crippen molar-refractivity contribution in [3.63, 3.8) is 0 Å². The minimum Gasteiger partial charge on any atom is -0.415 e. The van der Waals surface area contributed by atoms with E-state index in [1.807, 2.05) is 24.3 Å². The van der Waals surface area contributed by atoms with Crippen LogP contribution in [0.15, 0.2) is 30.3 Å². The first-order chi connectivity index (χ1) is 8.94. The molecule has 0 bridgehead atoms. The van der Waals surface area contributed by atoms with Crippen LogP contribution in [-0.4, -0.2) is 16.1 Å². The van der Waals surface area contributed by atoms with Crippen molar-refractivity contribution in [1.29, 1.82) is 0 Å². The van der Waals surface area contributed by atoms with Gasteiger partial charge in [0.2, 0.25) is 5.88 Å². The second-order valence-electron chi connectivity index (χ2n) is 4.55. The molecule has 0 aliphatic heterocycles. The first kappa shape index (κ1) is 11.9. The van der Waals surface area contributed by atoms with Gasteiger partial charge in [0.1, 0.15) is 0 Å². The Bertz CT molecular complexity index is 759. The summed E-state index contributed by atoms with van der Waals surface area (Å²) < 4.78 is 30.4. The second-order valence-corrected chi connectivity index (χ2v) is 4.55. The number of alkyl halides is 2. The number of halogens is 2. The lowest BCUT2D eigenvalue weighted by atomic mass is 10.1. The maximum absolute atomic E-state index is 12.9. The Morgan fingerprint density at radius 2 is 1.95 bits per heavy atom. The maximum atomic E-state index is 12.9. The molecular formula is C14H12F2N2O. The zero-order valence-corrected chi connectivity index (χ0v) is 10.5. The summed E-state index contributed by atoms with van der Waals surface area (Å²) in [6.45, 7) is 2.46. The molecule has 0 saturated carbocycles. The van der Waals surface area contributed by atoms with Gasteiger partial charge in [-0.25, -0.2) is 4.98 Å². The molecule has 3 rings (SSSR count). The molecule has 0 fully saturated rings. The number of benzene rings is 1. The van der Waals surface area contributed by atoms with Gasteiger partial charge in [0.25, 0.3) is 0 Å². The van der Waals surface area contributed by atoms with Crippen LogP contribution in [0.25, 0.3) is 21.8 Å². The lowest BCUT2D eigenvalue weighted by Gasteiger charge is -2.12. The first-order valence-electron chi connectivity index (χ1n) is 5.89. The Labute approximate surface area is 108 Å². The number of ether oxygens (including phenoxy) is 1. The highest BCUT2D eigenvalue weighted by atomic mass is 19.3. The number of aromatic nitrogens is 2. The van der Waals surface area contributed by atoms with E-state index in [0.717, 1.165) is 21.8 Å². The summed E-state index contributed by atoms with van der Waals surface area (Å²) in [6, 6.07) is 9.22. The van der Waals surface area contributed by atoms with Crippen LogP contribution < -0.4 is 4.74 Å². The van der Waals surface area contributed by atoms with Crippen LogP contribution in [0, 0.1) is 6.92 Å². The van der Waals surface area contributed by atoms with Crippen LogP contribution >= 0.6 is 0 Å². The fourth-order valence-corrected chi connectivity index (χ4v) is 2.21. The van der Waals surface area contributed by atoms with Crippen LogP contribution in [0.4, 0.5) is 8.78 Å². The van der Waals surface area contributed by atoms with Gasteiger partial charge in [0, 0.05) is 29.3 Å². The van der Waals surface area contributed by atoms with Crippen molar-refractivity contribution in [1.82, 2.24) is 9.97 Å². The number of aromatic amines is 1. The highest BCUT2D eigenvalue weighted by Gasteiger charge is 2.24. The largest absolute Gasteiger partial charge is 0.415 e. The number of nitrogens with one attached hydrogen (secondary N) is 1. The molecular weight excluding hydrogens is 250 g/mol. The van der Waals surface area contributed by atoms with Gasteiger partial charge in [-0.1, -0.05) is 18.2 Å². The summed E-state index contributed by atoms with van der Waals surface area (Å²) in [7, 11) is 0. The molecule has 0 radical (unpaired) electrons. The molecule has 5 heteroatoms. The van der Waals surface area contributed by atoms with Gasteiger partial charge in [-0.2, -0.15) is 8.78 Å². The monoisotopic (exact) mass is 262 g/mol. The van der Waals surface area contributed by atoms with Crippen molar-refractivity contribution in [3.05, 3.63) is 36.0 Å². The zero-order chi connectivity index (χ0) is 13.6. The van der Waals surface area contributed by atoms with Crippen molar-refractivity contribution in [2.45, 2.75) is 20.0 Å². The number of pyridine rings is 1. The van der Waals surface area contributed by atoms with Crippen LogP contribution in [0.1, 0.15) is 12.6 Å². The van der Waals surface area contributed by atoms with E-state index in [2.05, 4.69) is 14.7 Å². The maximum Gasteiger partial charge on any atom is 0.396 e. The summed E-state index contributed by atoms with van der Waals surface area (Å²) in [5, 5.41) is 1.80. The Hall–Kier alpha value is -2.17. The van der Waals surface area contributed by atoms with Crippen molar-refractivity contribution in [2.75, 3.05) is 0 Å². The van der Waals surface area contributed by atoms with Crippen molar-refractivity contribution in [3.8, 4) is 5.88 Å². The molecule has 0 unspecified atom stereocenters. The first-order valence-corrected chi connectivity index (χ1v) is 5.89. The Balaban J connectivity index is 2.26. The number of fused-ring (bicyclic) bond motifs is 3. The smallest absolute Gasteiger partial charge is 0.396 e. The molecule has 0 amide bonds. The van der Waals surface area contributed by atoms with E-state index in [9.17, 15) is 8.78 Å². The number of aryl methyl sites for hydroxylation is 1. The third-order valence-electron chi connectivity index (χ3n) is 2.94. The number of hydrogen-bond donors (Lipinski definition) is 1. The van der Waals surface area contributed by atoms with Crippen molar-refractivity contribution in [2.24, 2.45) is 0 Å². The summed E-state index contributed by atoms with van der Waals surface area (Å²) in [5.41, 5.74) is 2.42. The SMILES string of the molecule is Cc1nc(OC(C)(F)F)cc2c1[nH]c1ccccc12. The summed E-state index contributed by atoms with van der Waals surface area (Å²) >= 11 is 0. The second kappa shape index (κ2) is 3.91. The number of hydrogen-bond acceptors (Lipinski definition) is 2. The molecule has 3 nitrogen and oxygen atoms in total. The van der Waals surface area contributed by atoms with Gasteiger partial charge in [-0.15, -0.1) is 0 Å². The van der Waals surface area contributed by atoms with Crippen molar-refractivity contribution >= 4 is 21.8 Å². The lowest BCUT2D eigenvalue weighted by molar-refractivity contribution is -0.161. The number of para-hydroxylation sites is 1. The molecule has 0 aliphatic carbocycles. The van der Waals surface area contributed by atoms with Gasteiger partial charge in [0.15, 0.2) is 0 Å². The third-order valence-corrected chi connectivity index (χ3v) is 2.94. The molecule has 0 aliphatic rings. The molecule has 2 heterocycles. The topological polar surface area (TPSA) is 37.9 Å². The molecule has 98 valence electrons. The average Bonchev–Trinajstić information content (AvgIpc) is 2.66. The number of H-pyrrole nitrogens is 1.